The maximum Gasteiger partial charge on any atom is 0.303 e. The molecule has 1 aromatic rings. The molecule has 0 aliphatic carbocycles. The van der Waals surface area contributed by atoms with Gasteiger partial charge in [0, 0.05) is 18.5 Å². The zero-order valence-corrected chi connectivity index (χ0v) is 13.9. The minimum Gasteiger partial charge on any atom is -0.481 e. The van der Waals surface area contributed by atoms with E-state index in [-0.39, 0.29) is 30.1 Å². The maximum atomic E-state index is 13.0. The lowest BCUT2D eigenvalue weighted by Crippen LogP contribution is -2.37. The Kier molecular flexibility index (Phi) is 6.27. The van der Waals surface area contributed by atoms with Gasteiger partial charge >= 0.3 is 5.97 Å². The number of carbonyl (C=O) groups excluding carboxylic acids is 1. The van der Waals surface area contributed by atoms with Gasteiger partial charge in [0.25, 0.3) is 0 Å². The first-order chi connectivity index (χ1) is 11.0. The van der Waals surface area contributed by atoms with E-state index < -0.39 is 5.97 Å². The second-order valence-electron chi connectivity index (χ2n) is 6.34. The average Bonchev–Trinajstić information content (AvgIpc) is 3.02. The fourth-order valence-electron chi connectivity index (χ4n) is 3.04. The van der Waals surface area contributed by atoms with Gasteiger partial charge < -0.3 is 10.4 Å². The molecule has 2 heterocycles. The lowest BCUT2D eigenvalue weighted by Gasteiger charge is -2.28. The number of aliphatic carboxylic acids is 1. The number of piperidine rings is 1. The van der Waals surface area contributed by atoms with Crippen molar-refractivity contribution in [2.75, 3.05) is 13.1 Å². The predicted molar refractivity (Wildman–Crippen MR) is 85.1 cm³/mol. The molecular formula is C16H26N4O3. The van der Waals surface area contributed by atoms with E-state index in [0.717, 1.165) is 32.4 Å². The van der Waals surface area contributed by atoms with Crippen molar-refractivity contribution in [2.24, 2.45) is 11.8 Å². The second kappa shape index (κ2) is 8.19. The van der Waals surface area contributed by atoms with Crippen LogP contribution in [0.4, 0.5) is 0 Å². The van der Waals surface area contributed by atoms with Crippen LogP contribution in [0.15, 0.2) is 6.20 Å². The monoisotopic (exact) mass is 322 g/mol. The molecule has 23 heavy (non-hydrogen) atoms. The lowest BCUT2D eigenvalue weighted by molar-refractivity contribution is -0.137. The van der Waals surface area contributed by atoms with Crippen LogP contribution in [0.2, 0.25) is 0 Å². The number of aryl methyl sites for hydroxylation is 1. The molecule has 0 radical (unpaired) electrons. The standard InChI is InChI=1S/C16H26N4O3/c1-3-11(2)15(16(23)12-6-8-17-9-7-12)20-10-13(18-19-20)4-5-14(21)22/h10-12,15,17H,3-9H2,1-2H3,(H,21,22)/t11?,15-/m0/s1. The van der Waals surface area contributed by atoms with Gasteiger partial charge in [0.2, 0.25) is 0 Å². The van der Waals surface area contributed by atoms with Crippen molar-refractivity contribution in [2.45, 2.75) is 52.0 Å². The number of rotatable bonds is 8. The summed E-state index contributed by atoms with van der Waals surface area (Å²) in [6, 6.07) is -0.311. The van der Waals surface area contributed by atoms with E-state index in [0.29, 0.717) is 12.1 Å². The van der Waals surface area contributed by atoms with E-state index in [2.05, 4.69) is 29.5 Å². The van der Waals surface area contributed by atoms with Crippen molar-refractivity contribution in [3.63, 3.8) is 0 Å². The molecule has 1 aliphatic heterocycles. The zero-order valence-electron chi connectivity index (χ0n) is 13.9. The third-order valence-electron chi connectivity index (χ3n) is 4.65. The lowest BCUT2D eigenvalue weighted by atomic mass is 9.84. The molecule has 2 rings (SSSR count). The van der Waals surface area contributed by atoms with Crippen LogP contribution in [0.25, 0.3) is 0 Å². The Morgan fingerprint density at radius 3 is 2.74 bits per heavy atom. The molecule has 7 nitrogen and oxygen atoms in total. The predicted octanol–water partition coefficient (Wildman–Crippen LogP) is 1.45. The molecule has 0 aromatic carbocycles. The first-order valence-corrected chi connectivity index (χ1v) is 8.39. The van der Waals surface area contributed by atoms with Crippen LogP contribution in [-0.4, -0.2) is 44.9 Å². The van der Waals surface area contributed by atoms with Gasteiger partial charge in [-0.05, 0) is 31.8 Å². The van der Waals surface area contributed by atoms with Gasteiger partial charge in [-0.15, -0.1) is 5.10 Å². The minimum absolute atomic E-state index is 0.0228. The number of hydrogen-bond donors (Lipinski definition) is 2. The van der Waals surface area contributed by atoms with Crippen LogP contribution in [0, 0.1) is 11.8 Å². The average molecular weight is 322 g/mol. The first-order valence-electron chi connectivity index (χ1n) is 8.39. The summed E-state index contributed by atoms with van der Waals surface area (Å²) in [5.74, 6) is -0.382. The van der Waals surface area contributed by atoms with Gasteiger partial charge in [-0.3, -0.25) is 9.59 Å². The van der Waals surface area contributed by atoms with E-state index in [1.165, 1.54) is 0 Å². The Morgan fingerprint density at radius 1 is 1.43 bits per heavy atom. The fraction of sp³-hybridized carbons (Fsp3) is 0.750. The molecule has 1 aliphatic rings. The summed E-state index contributed by atoms with van der Waals surface area (Å²) in [7, 11) is 0. The Balaban J connectivity index is 2.14. The number of ketones is 1. The summed E-state index contributed by atoms with van der Waals surface area (Å²) in [4.78, 5) is 23.6. The van der Waals surface area contributed by atoms with Crippen LogP contribution in [0.5, 0.6) is 0 Å². The van der Waals surface area contributed by atoms with Crippen molar-refractivity contribution < 1.29 is 14.7 Å². The van der Waals surface area contributed by atoms with Crippen molar-refractivity contribution in [1.82, 2.24) is 20.3 Å². The molecule has 0 spiro atoms. The molecule has 1 fully saturated rings. The smallest absolute Gasteiger partial charge is 0.303 e. The molecule has 0 amide bonds. The van der Waals surface area contributed by atoms with Crippen LogP contribution in [-0.2, 0) is 16.0 Å². The zero-order chi connectivity index (χ0) is 16.8. The number of carbonyl (C=O) groups is 2. The molecule has 7 heteroatoms. The van der Waals surface area contributed by atoms with Gasteiger partial charge in [0.15, 0.2) is 5.78 Å². The van der Waals surface area contributed by atoms with E-state index >= 15 is 0 Å². The highest BCUT2D eigenvalue weighted by Crippen LogP contribution is 2.28. The highest BCUT2D eigenvalue weighted by Gasteiger charge is 2.33. The molecule has 0 bridgehead atoms. The summed E-state index contributed by atoms with van der Waals surface area (Å²) in [6.07, 6.45) is 4.71. The normalized spacial score (nSPS) is 18.5. The number of carboxylic acids is 1. The summed E-state index contributed by atoms with van der Waals surface area (Å²) in [6.45, 7) is 5.88. The first kappa shape index (κ1) is 17.6. The van der Waals surface area contributed by atoms with Crippen molar-refractivity contribution >= 4 is 11.8 Å². The molecule has 1 unspecified atom stereocenters. The highest BCUT2D eigenvalue weighted by molar-refractivity contribution is 5.85. The molecule has 1 aromatic heterocycles. The summed E-state index contributed by atoms with van der Waals surface area (Å²) in [5.41, 5.74) is 0.624. The molecule has 0 saturated carbocycles. The number of nitrogens with zero attached hydrogens (tertiary/aromatic N) is 3. The quantitative estimate of drug-likeness (QED) is 0.752. The van der Waals surface area contributed by atoms with Crippen LogP contribution in [0.1, 0.15) is 51.3 Å². The Morgan fingerprint density at radius 2 is 2.13 bits per heavy atom. The van der Waals surface area contributed by atoms with Crippen molar-refractivity contribution in [3.8, 4) is 0 Å². The number of nitrogens with one attached hydrogen (secondary N) is 1. The van der Waals surface area contributed by atoms with Crippen LogP contribution < -0.4 is 5.32 Å². The summed E-state index contributed by atoms with van der Waals surface area (Å²) < 4.78 is 1.65. The van der Waals surface area contributed by atoms with E-state index in [1.807, 2.05) is 0 Å². The van der Waals surface area contributed by atoms with Crippen LogP contribution >= 0.6 is 0 Å². The van der Waals surface area contributed by atoms with Crippen LogP contribution in [0.3, 0.4) is 0 Å². The SMILES string of the molecule is CCC(C)[C@@H](C(=O)C1CCNCC1)n1cc(CCC(=O)O)nn1. The van der Waals surface area contributed by atoms with E-state index in [1.54, 1.807) is 10.9 Å². The highest BCUT2D eigenvalue weighted by atomic mass is 16.4. The number of hydrogen-bond acceptors (Lipinski definition) is 5. The van der Waals surface area contributed by atoms with Gasteiger partial charge in [-0.25, -0.2) is 4.68 Å². The summed E-state index contributed by atoms with van der Waals surface area (Å²) >= 11 is 0. The molecule has 2 atom stereocenters. The molecule has 2 N–H and O–H groups in total. The fourth-order valence-corrected chi connectivity index (χ4v) is 3.04. The van der Waals surface area contributed by atoms with Gasteiger partial charge in [0.1, 0.15) is 6.04 Å². The topological polar surface area (TPSA) is 97.1 Å². The maximum absolute atomic E-state index is 13.0. The number of Topliss-reactive ketones (excluding diaryl/α,β-unsaturated/α-hetero) is 1. The third kappa shape index (κ3) is 4.60. The van der Waals surface area contributed by atoms with Gasteiger partial charge in [-0.1, -0.05) is 25.5 Å². The number of carboxylic acid groups (broad SMARTS) is 1. The minimum atomic E-state index is -0.858. The summed E-state index contributed by atoms with van der Waals surface area (Å²) in [5, 5.41) is 20.2. The number of aromatic nitrogens is 3. The van der Waals surface area contributed by atoms with Crippen molar-refractivity contribution in [1.29, 1.82) is 0 Å². The molecule has 128 valence electrons. The second-order valence-corrected chi connectivity index (χ2v) is 6.34. The van der Waals surface area contributed by atoms with E-state index in [9.17, 15) is 9.59 Å². The Bertz CT molecular complexity index is 537. The van der Waals surface area contributed by atoms with Gasteiger partial charge in [-0.2, -0.15) is 0 Å². The molecule has 1 saturated heterocycles. The molecular weight excluding hydrogens is 296 g/mol. The van der Waals surface area contributed by atoms with Crippen molar-refractivity contribution in [3.05, 3.63) is 11.9 Å². The Hall–Kier alpha value is -1.76. The third-order valence-corrected chi connectivity index (χ3v) is 4.65. The van der Waals surface area contributed by atoms with Gasteiger partial charge in [0.05, 0.1) is 12.1 Å². The largest absolute Gasteiger partial charge is 0.481 e. The Labute approximate surface area is 136 Å². The van der Waals surface area contributed by atoms with E-state index in [4.69, 9.17) is 5.11 Å².